The standard InChI is InChI=1S/C16H13ClN4O/c1-10-2-3-12(17)8-13(10)19-16(22)15-9-14(20-21-15)11-4-6-18-7-5-11/h2-9H,1H3,(H,19,22)(H,20,21). The summed E-state index contributed by atoms with van der Waals surface area (Å²) in [6.45, 7) is 1.90. The Morgan fingerprint density at radius 2 is 1.95 bits per heavy atom. The van der Waals surface area contributed by atoms with Gasteiger partial charge in [0.25, 0.3) is 5.91 Å². The summed E-state index contributed by atoms with van der Waals surface area (Å²) in [6.07, 6.45) is 3.36. The maximum Gasteiger partial charge on any atom is 0.273 e. The Hall–Kier alpha value is -2.66. The molecule has 0 saturated heterocycles. The summed E-state index contributed by atoms with van der Waals surface area (Å²) in [5, 5.41) is 10.3. The molecule has 0 radical (unpaired) electrons. The second kappa shape index (κ2) is 5.99. The number of hydrogen-bond donors (Lipinski definition) is 2. The topological polar surface area (TPSA) is 70.7 Å². The lowest BCUT2D eigenvalue weighted by Crippen LogP contribution is -2.13. The van der Waals surface area contributed by atoms with Gasteiger partial charge in [0.15, 0.2) is 0 Å². The first-order valence-electron chi connectivity index (χ1n) is 6.67. The van der Waals surface area contributed by atoms with Crippen LogP contribution in [0.25, 0.3) is 11.3 Å². The Morgan fingerprint density at radius 1 is 1.18 bits per heavy atom. The van der Waals surface area contributed by atoms with Crippen molar-refractivity contribution in [2.24, 2.45) is 0 Å². The van der Waals surface area contributed by atoms with Gasteiger partial charge in [-0.3, -0.25) is 14.9 Å². The first-order chi connectivity index (χ1) is 10.6. The molecule has 0 unspecified atom stereocenters. The van der Waals surface area contributed by atoms with Crippen LogP contribution in [0.1, 0.15) is 16.1 Å². The Labute approximate surface area is 132 Å². The molecule has 5 nitrogen and oxygen atoms in total. The fourth-order valence-electron chi connectivity index (χ4n) is 2.03. The van der Waals surface area contributed by atoms with Crippen LogP contribution in [-0.2, 0) is 0 Å². The smallest absolute Gasteiger partial charge is 0.273 e. The zero-order valence-electron chi connectivity index (χ0n) is 11.8. The second-order valence-electron chi connectivity index (χ2n) is 4.82. The molecule has 22 heavy (non-hydrogen) atoms. The average Bonchev–Trinajstić information content (AvgIpc) is 3.02. The minimum atomic E-state index is -0.266. The zero-order chi connectivity index (χ0) is 15.5. The van der Waals surface area contributed by atoms with E-state index in [4.69, 9.17) is 11.6 Å². The summed E-state index contributed by atoms with van der Waals surface area (Å²) in [4.78, 5) is 16.2. The molecule has 0 bridgehead atoms. The summed E-state index contributed by atoms with van der Waals surface area (Å²) in [5.74, 6) is -0.266. The SMILES string of the molecule is Cc1ccc(Cl)cc1NC(=O)c1cc(-c2ccncc2)n[nH]1. The summed E-state index contributed by atoms with van der Waals surface area (Å²) in [7, 11) is 0. The number of H-pyrrole nitrogens is 1. The lowest BCUT2D eigenvalue weighted by molar-refractivity contribution is 0.102. The van der Waals surface area contributed by atoms with Crippen LogP contribution >= 0.6 is 11.6 Å². The monoisotopic (exact) mass is 312 g/mol. The van der Waals surface area contributed by atoms with Gasteiger partial charge >= 0.3 is 0 Å². The van der Waals surface area contributed by atoms with Gasteiger partial charge in [0.05, 0.1) is 5.69 Å². The third kappa shape index (κ3) is 2.99. The molecule has 1 amide bonds. The number of nitrogens with one attached hydrogen (secondary N) is 2. The van der Waals surface area contributed by atoms with Gasteiger partial charge in [-0.25, -0.2) is 0 Å². The molecule has 0 aliphatic carbocycles. The number of carbonyl (C=O) groups excluding carboxylic acids is 1. The van der Waals surface area contributed by atoms with Crippen LogP contribution in [0.5, 0.6) is 0 Å². The highest BCUT2D eigenvalue weighted by molar-refractivity contribution is 6.31. The number of anilines is 1. The van der Waals surface area contributed by atoms with Crippen LogP contribution in [0.3, 0.4) is 0 Å². The molecule has 2 N–H and O–H groups in total. The number of hydrogen-bond acceptors (Lipinski definition) is 3. The first-order valence-corrected chi connectivity index (χ1v) is 7.04. The number of benzene rings is 1. The molecule has 1 aromatic carbocycles. The Balaban J connectivity index is 1.81. The summed E-state index contributed by atoms with van der Waals surface area (Å²) in [6, 6.07) is 10.7. The van der Waals surface area contributed by atoms with Crippen molar-refractivity contribution in [1.29, 1.82) is 0 Å². The third-order valence-corrected chi connectivity index (χ3v) is 3.48. The quantitative estimate of drug-likeness (QED) is 0.775. The van der Waals surface area contributed by atoms with E-state index in [1.54, 1.807) is 30.6 Å². The van der Waals surface area contributed by atoms with E-state index < -0.39 is 0 Å². The van der Waals surface area contributed by atoms with Gasteiger partial charge in [0.2, 0.25) is 0 Å². The number of amides is 1. The number of nitrogens with zero attached hydrogens (tertiary/aromatic N) is 2. The molecule has 3 rings (SSSR count). The lowest BCUT2D eigenvalue weighted by atomic mass is 10.2. The van der Waals surface area contributed by atoms with Gasteiger partial charge in [-0.05, 0) is 42.8 Å². The molecule has 2 aromatic heterocycles. The summed E-state index contributed by atoms with van der Waals surface area (Å²) >= 11 is 5.95. The normalized spacial score (nSPS) is 10.5. The molecule has 0 aliphatic heterocycles. The van der Waals surface area contributed by atoms with Crippen LogP contribution in [0.2, 0.25) is 5.02 Å². The number of carbonyl (C=O) groups is 1. The van der Waals surface area contributed by atoms with Crippen LogP contribution in [-0.4, -0.2) is 21.1 Å². The number of halogens is 1. The minimum Gasteiger partial charge on any atom is -0.320 e. The van der Waals surface area contributed by atoms with Crippen molar-refractivity contribution >= 4 is 23.2 Å². The summed E-state index contributed by atoms with van der Waals surface area (Å²) < 4.78 is 0. The fourth-order valence-corrected chi connectivity index (χ4v) is 2.20. The van der Waals surface area contributed by atoms with Gasteiger partial charge in [-0.2, -0.15) is 5.10 Å². The number of aromatic amines is 1. The van der Waals surface area contributed by atoms with E-state index in [-0.39, 0.29) is 5.91 Å². The molecule has 0 fully saturated rings. The lowest BCUT2D eigenvalue weighted by Gasteiger charge is -2.07. The molecule has 0 atom stereocenters. The van der Waals surface area contributed by atoms with Crippen molar-refractivity contribution in [2.75, 3.05) is 5.32 Å². The van der Waals surface area contributed by atoms with Crippen molar-refractivity contribution in [3.63, 3.8) is 0 Å². The van der Waals surface area contributed by atoms with E-state index in [1.165, 1.54) is 0 Å². The van der Waals surface area contributed by atoms with Crippen LogP contribution in [0.15, 0.2) is 48.8 Å². The van der Waals surface area contributed by atoms with E-state index in [0.29, 0.717) is 22.1 Å². The first kappa shape index (κ1) is 14.3. The predicted molar refractivity (Wildman–Crippen MR) is 86.0 cm³/mol. The highest BCUT2D eigenvalue weighted by Gasteiger charge is 2.12. The Kier molecular flexibility index (Phi) is 3.89. The molecule has 3 aromatic rings. The van der Waals surface area contributed by atoms with E-state index in [2.05, 4.69) is 20.5 Å². The van der Waals surface area contributed by atoms with Crippen LogP contribution in [0, 0.1) is 6.92 Å². The molecule has 110 valence electrons. The van der Waals surface area contributed by atoms with Gasteiger partial charge < -0.3 is 5.32 Å². The van der Waals surface area contributed by atoms with Crippen molar-refractivity contribution in [3.8, 4) is 11.3 Å². The van der Waals surface area contributed by atoms with Crippen molar-refractivity contribution in [1.82, 2.24) is 15.2 Å². The average molecular weight is 313 g/mol. The predicted octanol–water partition coefficient (Wildman–Crippen LogP) is 3.69. The maximum absolute atomic E-state index is 12.3. The molecular weight excluding hydrogens is 300 g/mol. The van der Waals surface area contributed by atoms with Gasteiger partial charge in [-0.15, -0.1) is 0 Å². The third-order valence-electron chi connectivity index (χ3n) is 3.25. The Bertz CT molecular complexity index is 814. The number of pyridine rings is 1. The van der Waals surface area contributed by atoms with Gasteiger partial charge in [0, 0.05) is 28.7 Å². The summed E-state index contributed by atoms with van der Waals surface area (Å²) in [5.41, 5.74) is 3.58. The molecular formula is C16H13ClN4O. The molecule has 2 heterocycles. The van der Waals surface area contributed by atoms with Crippen molar-refractivity contribution in [3.05, 3.63) is 65.1 Å². The molecule has 0 spiro atoms. The van der Waals surface area contributed by atoms with E-state index in [0.717, 1.165) is 11.1 Å². The second-order valence-corrected chi connectivity index (χ2v) is 5.25. The molecule has 6 heteroatoms. The molecule has 0 saturated carbocycles. The van der Waals surface area contributed by atoms with Gasteiger partial charge in [-0.1, -0.05) is 17.7 Å². The van der Waals surface area contributed by atoms with E-state index in [1.807, 2.05) is 25.1 Å². The van der Waals surface area contributed by atoms with Crippen molar-refractivity contribution in [2.45, 2.75) is 6.92 Å². The van der Waals surface area contributed by atoms with Crippen LogP contribution in [0.4, 0.5) is 5.69 Å². The number of aryl methyl sites for hydroxylation is 1. The van der Waals surface area contributed by atoms with E-state index in [9.17, 15) is 4.79 Å². The highest BCUT2D eigenvalue weighted by Crippen LogP contribution is 2.21. The number of rotatable bonds is 3. The van der Waals surface area contributed by atoms with Crippen molar-refractivity contribution < 1.29 is 4.79 Å². The minimum absolute atomic E-state index is 0.266. The van der Waals surface area contributed by atoms with E-state index >= 15 is 0 Å². The largest absolute Gasteiger partial charge is 0.320 e. The fraction of sp³-hybridized carbons (Fsp3) is 0.0625. The van der Waals surface area contributed by atoms with Gasteiger partial charge in [0.1, 0.15) is 5.69 Å². The molecule has 0 aliphatic rings. The highest BCUT2D eigenvalue weighted by atomic mass is 35.5. The zero-order valence-corrected chi connectivity index (χ0v) is 12.6. The number of aromatic nitrogens is 3. The van der Waals surface area contributed by atoms with Crippen LogP contribution < -0.4 is 5.32 Å². The maximum atomic E-state index is 12.3. The Morgan fingerprint density at radius 3 is 2.73 bits per heavy atom.